The third-order valence-corrected chi connectivity index (χ3v) is 3.89. The van der Waals surface area contributed by atoms with E-state index in [-0.39, 0.29) is 12.1 Å². The van der Waals surface area contributed by atoms with E-state index in [4.69, 9.17) is 4.74 Å². The normalized spacial score (nSPS) is 12.9. The minimum atomic E-state index is -0.290. The van der Waals surface area contributed by atoms with Crippen LogP contribution in [-0.4, -0.2) is 48.3 Å². The van der Waals surface area contributed by atoms with Gasteiger partial charge in [-0.15, -0.1) is 0 Å². The molecule has 23 heavy (non-hydrogen) atoms. The van der Waals surface area contributed by atoms with Crippen LogP contribution in [0.25, 0.3) is 0 Å². The zero-order valence-electron chi connectivity index (χ0n) is 15.4. The molecule has 1 unspecified atom stereocenters. The second-order valence-electron chi connectivity index (χ2n) is 6.18. The molecule has 0 radical (unpaired) electrons. The van der Waals surface area contributed by atoms with Crippen LogP contribution in [0.3, 0.4) is 0 Å². The zero-order chi connectivity index (χ0) is 17.3. The molecule has 4 nitrogen and oxygen atoms in total. The van der Waals surface area contributed by atoms with Gasteiger partial charge in [0, 0.05) is 19.2 Å². The molecule has 0 spiro atoms. The van der Waals surface area contributed by atoms with Crippen LogP contribution in [0.4, 0.5) is 0 Å². The van der Waals surface area contributed by atoms with Gasteiger partial charge in [-0.3, -0.25) is 4.90 Å². The highest BCUT2D eigenvalue weighted by atomic mass is 16.5. The third-order valence-electron chi connectivity index (χ3n) is 3.89. The summed E-state index contributed by atoms with van der Waals surface area (Å²) in [5.74, 6) is -0.290. The lowest BCUT2D eigenvalue weighted by Crippen LogP contribution is -2.36. The summed E-state index contributed by atoms with van der Waals surface area (Å²) in [5, 5.41) is 10.2. The van der Waals surface area contributed by atoms with Crippen LogP contribution in [0.5, 0.6) is 0 Å². The predicted molar refractivity (Wildman–Crippen MR) is 96.5 cm³/mol. The Morgan fingerprint density at radius 2 is 1.78 bits per heavy atom. The summed E-state index contributed by atoms with van der Waals surface area (Å²) in [6.45, 7) is 8.90. The molecule has 0 aliphatic carbocycles. The van der Waals surface area contributed by atoms with E-state index in [0.717, 1.165) is 25.8 Å². The van der Waals surface area contributed by atoms with Crippen molar-refractivity contribution < 1.29 is 14.6 Å². The molecule has 0 aromatic carbocycles. The fraction of sp³-hybridized carbons (Fsp3) is 0.842. The van der Waals surface area contributed by atoms with Gasteiger partial charge in [0.1, 0.15) is 6.61 Å². The first-order valence-corrected chi connectivity index (χ1v) is 9.33. The SMILES string of the molecule is C/C=C/C(=O)OCCN(CCCCCC)CC(O)CCCCC. The molecule has 136 valence electrons. The van der Waals surface area contributed by atoms with Crippen LogP contribution in [0.15, 0.2) is 12.2 Å². The van der Waals surface area contributed by atoms with Crippen molar-refractivity contribution in [1.82, 2.24) is 4.90 Å². The van der Waals surface area contributed by atoms with Crippen molar-refractivity contribution in [3.8, 4) is 0 Å². The number of aliphatic hydroxyl groups excluding tert-OH is 1. The molecule has 0 aromatic rings. The zero-order valence-corrected chi connectivity index (χ0v) is 15.4. The van der Waals surface area contributed by atoms with E-state index in [1.807, 2.05) is 0 Å². The van der Waals surface area contributed by atoms with Crippen LogP contribution >= 0.6 is 0 Å². The Kier molecular flexibility index (Phi) is 15.4. The lowest BCUT2D eigenvalue weighted by molar-refractivity contribution is -0.138. The number of hydrogen-bond acceptors (Lipinski definition) is 4. The fourth-order valence-corrected chi connectivity index (χ4v) is 2.54. The minimum Gasteiger partial charge on any atom is -0.461 e. The number of carbonyl (C=O) groups is 1. The monoisotopic (exact) mass is 327 g/mol. The van der Waals surface area contributed by atoms with Crippen molar-refractivity contribution >= 4 is 5.97 Å². The summed E-state index contributed by atoms with van der Waals surface area (Å²) in [7, 11) is 0. The Balaban J connectivity index is 4.12. The van der Waals surface area contributed by atoms with Crippen LogP contribution in [0.2, 0.25) is 0 Å². The number of ether oxygens (including phenoxy) is 1. The number of rotatable bonds is 15. The number of nitrogens with zero attached hydrogens (tertiary/aromatic N) is 1. The second kappa shape index (κ2) is 16.0. The second-order valence-corrected chi connectivity index (χ2v) is 6.18. The van der Waals surface area contributed by atoms with Gasteiger partial charge in [-0.05, 0) is 26.3 Å². The highest BCUT2D eigenvalue weighted by Gasteiger charge is 2.12. The van der Waals surface area contributed by atoms with Gasteiger partial charge in [0.15, 0.2) is 0 Å². The predicted octanol–water partition coefficient (Wildman–Crippen LogP) is 3.93. The van der Waals surface area contributed by atoms with Crippen molar-refractivity contribution in [3.05, 3.63) is 12.2 Å². The summed E-state index contributed by atoms with van der Waals surface area (Å²) < 4.78 is 5.17. The maximum absolute atomic E-state index is 11.3. The molecule has 1 atom stereocenters. The van der Waals surface area contributed by atoms with Gasteiger partial charge < -0.3 is 9.84 Å². The van der Waals surface area contributed by atoms with Crippen LogP contribution < -0.4 is 0 Å². The Morgan fingerprint density at radius 1 is 1.09 bits per heavy atom. The molecular weight excluding hydrogens is 290 g/mol. The lowest BCUT2D eigenvalue weighted by atomic mass is 10.1. The van der Waals surface area contributed by atoms with Gasteiger partial charge in [0.2, 0.25) is 0 Å². The van der Waals surface area contributed by atoms with E-state index in [9.17, 15) is 9.90 Å². The minimum absolute atomic E-state index is 0.279. The average Bonchev–Trinajstić information content (AvgIpc) is 2.51. The molecule has 1 N–H and O–H groups in total. The number of aliphatic hydroxyl groups is 1. The summed E-state index contributed by atoms with van der Waals surface area (Å²) >= 11 is 0. The van der Waals surface area contributed by atoms with Gasteiger partial charge in [-0.2, -0.15) is 0 Å². The molecular formula is C19H37NO3. The van der Waals surface area contributed by atoms with Crippen molar-refractivity contribution in [3.63, 3.8) is 0 Å². The number of unbranched alkanes of at least 4 members (excludes halogenated alkanes) is 5. The number of allylic oxidation sites excluding steroid dienone is 1. The van der Waals surface area contributed by atoms with Gasteiger partial charge >= 0.3 is 5.97 Å². The molecule has 0 aromatic heterocycles. The Bertz CT molecular complexity index is 305. The molecule has 0 rings (SSSR count). The molecule has 0 fully saturated rings. The van der Waals surface area contributed by atoms with Crippen molar-refractivity contribution in [2.45, 2.75) is 78.2 Å². The van der Waals surface area contributed by atoms with Crippen molar-refractivity contribution in [1.29, 1.82) is 0 Å². The summed E-state index contributed by atoms with van der Waals surface area (Å²) in [6, 6.07) is 0. The average molecular weight is 328 g/mol. The number of hydrogen-bond donors (Lipinski definition) is 1. The molecule has 4 heteroatoms. The molecule has 0 amide bonds. The molecule has 0 saturated heterocycles. The van der Waals surface area contributed by atoms with E-state index in [1.54, 1.807) is 13.0 Å². The van der Waals surface area contributed by atoms with E-state index in [2.05, 4.69) is 18.7 Å². The molecule has 0 aliphatic rings. The number of carbonyl (C=O) groups excluding carboxylic acids is 1. The summed E-state index contributed by atoms with van der Waals surface area (Å²) in [4.78, 5) is 13.6. The van der Waals surface area contributed by atoms with Crippen LogP contribution in [0, 0.1) is 0 Å². The van der Waals surface area contributed by atoms with Gasteiger partial charge in [0.05, 0.1) is 6.10 Å². The van der Waals surface area contributed by atoms with Gasteiger partial charge in [0.25, 0.3) is 0 Å². The summed E-state index contributed by atoms with van der Waals surface area (Å²) in [6.07, 6.45) is 12.0. The quantitative estimate of drug-likeness (QED) is 0.281. The van der Waals surface area contributed by atoms with Crippen LogP contribution in [-0.2, 0) is 9.53 Å². The molecule has 0 saturated carbocycles. The van der Waals surface area contributed by atoms with E-state index in [1.165, 1.54) is 38.2 Å². The van der Waals surface area contributed by atoms with Gasteiger partial charge in [-0.25, -0.2) is 4.79 Å². The van der Waals surface area contributed by atoms with Crippen molar-refractivity contribution in [2.75, 3.05) is 26.2 Å². The largest absolute Gasteiger partial charge is 0.461 e. The van der Waals surface area contributed by atoms with E-state index in [0.29, 0.717) is 19.7 Å². The molecule has 0 bridgehead atoms. The maximum Gasteiger partial charge on any atom is 0.330 e. The first kappa shape index (κ1) is 22.1. The topological polar surface area (TPSA) is 49.8 Å². The summed E-state index contributed by atoms with van der Waals surface area (Å²) in [5.41, 5.74) is 0. The highest BCUT2D eigenvalue weighted by molar-refractivity contribution is 5.81. The van der Waals surface area contributed by atoms with E-state index >= 15 is 0 Å². The van der Waals surface area contributed by atoms with Crippen molar-refractivity contribution in [2.24, 2.45) is 0 Å². The lowest BCUT2D eigenvalue weighted by Gasteiger charge is -2.25. The smallest absolute Gasteiger partial charge is 0.330 e. The highest BCUT2D eigenvalue weighted by Crippen LogP contribution is 2.07. The standard InChI is InChI=1S/C19H37NO3/c1-4-7-9-11-14-20(15-16-23-19(22)12-6-3)17-18(21)13-10-8-5-2/h6,12,18,21H,4-5,7-11,13-17H2,1-3H3/b12-6+. The Labute approximate surface area is 142 Å². The first-order chi connectivity index (χ1) is 11.1. The van der Waals surface area contributed by atoms with Crippen LogP contribution in [0.1, 0.15) is 72.1 Å². The Morgan fingerprint density at radius 3 is 2.43 bits per heavy atom. The Hall–Kier alpha value is -0.870. The fourth-order valence-electron chi connectivity index (χ4n) is 2.54. The molecule has 0 aliphatic heterocycles. The van der Waals surface area contributed by atoms with E-state index < -0.39 is 0 Å². The third kappa shape index (κ3) is 14.5. The number of esters is 1. The molecule has 0 heterocycles. The first-order valence-electron chi connectivity index (χ1n) is 9.33. The maximum atomic E-state index is 11.3. The van der Waals surface area contributed by atoms with Gasteiger partial charge in [-0.1, -0.05) is 58.4 Å².